The minimum absolute atomic E-state index is 0.0824. The first-order chi connectivity index (χ1) is 43.1. The predicted molar refractivity (Wildman–Crippen MR) is 262 cm³/mol. The second kappa shape index (κ2) is 24.1. The van der Waals surface area contributed by atoms with Crippen LogP contribution in [-0.4, -0.2) is 10.2 Å². The van der Waals surface area contributed by atoms with Crippen LogP contribution in [0.1, 0.15) is 11.1 Å². The van der Waals surface area contributed by atoms with Crippen LogP contribution in [0.3, 0.4) is 0 Å². The monoisotopic (exact) mass is 1330 g/mol. The van der Waals surface area contributed by atoms with Crippen LogP contribution in [0.5, 0.6) is 34.5 Å². The molecular formula is C60H18F28O4. The maximum Gasteiger partial charge on any atom is 0.205 e. The Bertz CT molecular complexity index is 4260. The van der Waals surface area contributed by atoms with Crippen molar-refractivity contribution in [2.75, 3.05) is 0 Å². The summed E-state index contributed by atoms with van der Waals surface area (Å²) in [6.07, 6.45) is 2.04. The highest BCUT2D eigenvalue weighted by Crippen LogP contribution is 2.50. The predicted octanol–water partition coefficient (Wildman–Crippen LogP) is 20.0. The standard InChI is InChI=1S/C60H18F28O4/c1-3-5-13-11-15(7-9-17(13)89)91-59-55(85)51(81)29(52(82)56(59)86)27-47(77)43(73)25(44(74)48(27)78)23-39(69)35(65)21(36(66)40(23)70)19-31(61)33(63)20(34(64)32(19)62)22-37(67)41(71)24(42(72)38(22)68)26-45(75)49(79)28(50(80)46(26)76)30-53(83)57(87)60(58(88)54(30)84)92-16-8-10-18(90)14(12-16)6-4-2/h3-4,7-12,89-90H,1-2,5-6H2. The van der Waals surface area contributed by atoms with Crippen LogP contribution >= 0.6 is 0 Å². The molecule has 0 radical (unpaired) electrons. The van der Waals surface area contributed by atoms with Gasteiger partial charge in [0, 0.05) is 11.1 Å². The van der Waals surface area contributed by atoms with Crippen molar-refractivity contribution in [3.63, 3.8) is 0 Å². The van der Waals surface area contributed by atoms with Crippen LogP contribution in [0.25, 0.3) is 66.8 Å². The topological polar surface area (TPSA) is 58.9 Å². The van der Waals surface area contributed by atoms with E-state index in [1.54, 1.807) is 0 Å². The second-order valence-corrected chi connectivity index (χ2v) is 18.7. The third-order valence-corrected chi connectivity index (χ3v) is 13.5. The minimum Gasteiger partial charge on any atom is -0.508 e. The van der Waals surface area contributed by atoms with Crippen molar-refractivity contribution in [2.45, 2.75) is 12.8 Å². The van der Waals surface area contributed by atoms with Crippen LogP contribution in [0, 0.1) is 163 Å². The van der Waals surface area contributed by atoms with Gasteiger partial charge in [0.15, 0.2) is 140 Å². The van der Waals surface area contributed by atoms with E-state index in [0.717, 1.165) is 36.4 Å². The molecule has 0 spiro atoms. The third-order valence-electron chi connectivity index (χ3n) is 13.5. The molecule has 0 amide bonds. The summed E-state index contributed by atoms with van der Waals surface area (Å²) in [7, 11) is 0. The first-order valence-corrected chi connectivity index (χ1v) is 24.4. The molecule has 9 aromatic carbocycles. The third kappa shape index (κ3) is 10.0. The zero-order valence-corrected chi connectivity index (χ0v) is 43.7. The molecule has 0 aliphatic carbocycles. The lowest BCUT2D eigenvalue weighted by Crippen LogP contribution is -2.14. The van der Waals surface area contributed by atoms with Gasteiger partial charge in [-0.1, -0.05) is 12.2 Å². The van der Waals surface area contributed by atoms with Gasteiger partial charge < -0.3 is 19.7 Å². The molecule has 4 nitrogen and oxygen atoms in total. The average molecular weight is 1330 g/mol. The van der Waals surface area contributed by atoms with Gasteiger partial charge in [0.2, 0.25) is 34.8 Å². The van der Waals surface area contributed by atoms with Gasteiger partial charge in [-0.3, -0.25) is 0 Å². The fraction of sp³-hybridized carbons (Fsp3) is 0.0333. The summed E-state index contributed by atoms with van der Waals surface area (Å²) in [5, 5.41) is 19.8. The van der Waals surface area contributed by atoms with E-state index in [-0.39, 0.29) is 24.0 Å². The van der Waals surface area contributed by atoms with Crippen molar-refractivity contribution < 1.29 is 143 Å². The Morgan fingerprint density at radius 2 is 0.380 bits per heavy atom. The number of rotatable bonds is 14. The highest BCUT2D eigenvalue weighted by Gasteiger charge is 2.43. The lowest BCUT2D eigenvalue weighted by molar-refractivity contribution is 0.366. The van der Waals surface area contributed by atoms with Crippen LogP contribution in [0.2, 0.25) is 0 Å². The van der Waals surface area contributed by atoms with Crippen molar-refractivity contribution >= 4 is 0 Å². The van der Waals surface area contributed by atoms with E-state index >= 15 is 123 Å². The molecule has 9 aromatic rings. The molecule has 0 aromatic heterocycles. The number of hydrogen-bond donors (Lipinski definition) is 2. The summed E-state index contributed by atoms with van der Waals surface area (Å²) in [6, 6.07) is 4.84. The maximum atomic E-state index is 15.9. The highest BCUT2D eigenvalue weighted by molar-refractivity contribution is 5.82. The number of phenols is 2. The van der Waals surface area contributed by atoms with Gasteiger partial charge >= 0.3 is 0 Å². The molecule has 0 saturated carbocycles. The molecule has 92 heavy (non-hydrogen) atoms. The summed E-state index contributed by atoms with van der Waals surface area (Å²) in [4.78, 5) is 0. The molecule has 2 N–H and O–H groups in total. The van der Waals surface area contributed by atoms with Gasteiger partial charge in [-0.15, -0.1) is 13.2 Å². The van der Waals surface area contributed by atoms with E-state index in [0.29, 0.717) is 0 Å². The van der Waals surface area contributed by atoms with E-state index in [9.17, 15) is 10.2 Å². The molecule has 9 rings (SSSR count). The van der Waals surface area contributed by atoms with E-state index in [1.807, 2.05) is 0 Å². The summed E-state index contributed by atoms with van der Waals surface area (Å²) in [5.74, 6) is -98.4. The zero-order valence-electron chi connectivity index (χ0n) is 43.7. The number of halogens is 28. The summed E-state index contributed by atoms with van der Waals surface area (Å²) in [5.41, 5.74) is -36.0. The molecule has 0 heterocycles. The van der Waals surface area contributed by atoms with Gasteiger partial charge in [-0.05, 0) is 49.2 Å². The summed E-state index contributed by atoms with van der Waals surface area (Å²) >= 11 is 0. The second-order valence-electron chi connectivity index (χ2n) is 18.7. The number of allylic oxidation sites excluding steroid dienone is 2. The normalized spacial score (nSPS) is 11.5. The number of hydrogen-bond acceptors (Lipinski definition) is 4. The number of ether oxygens (including phenoxy) is 2. The van der Waals surface area contributed by atoms with Gasteiger partial charge in [0.1, 0.15) is 23.0 Å². The Hall–Kier alpha value is -10.3. The van der Waals surface area contributed by atoms with Gasteiger partial charge in [-0.25, -0.2) is 105 Å². The van der Waals surface area contributed by atoms with Crippen LogP contribution < -0.4 is 9.47 Å². The van der Waals surface area contributed by atoms with Crippen molar-refractivity contribution in [3.8, 4) is 101 Å². The lowest BCUT2D eigenvalue weighted by atomic mass is 9.91. The maximum absolute atomic E-state index is 15.9. The molecule has 32 heteroatoms. The molecule has 0 atom stereocenters. The summed E-state index contributed by atoms with van der Waals surface area (Å²) < 4.78 is 449. The van der Waals surface area contributed by atoms with E-state index < -0.39 is 264 Å². The lowest BCUT2D eigenvalue weighted by Gasteiger charge is -2.19. The Morgan fingerprint density at radius 1 is 0.239 bits per heavy atom. The Morgan fingerprint density at radius 3 is 0.522 bits per heavy atom. The van der Waals surface area contributed by atoms with Gasteiger partial charge in [0.05, 0.1) is 66.8 Å². The number of benzene rings is 9. The Kier molecular flexibility index (Phi) is 17.4. The number of aromatic hydroxyl groups is 2. The summed E-state index contributed by atoms with van der Waals surface area (Å²) in [6.45, 7) is 6.71. The number of phenolic OH excluding ortho intramolecular Hbond substituents is 2. The molecule has 0 saturated heterocycles. The van der Waals surface area contributed by atoms with Crippen molar-refractivity contribution in [2.24, 2.45) is 0 Å². The van der Waals surface area contributed by atoms with Crippen LogP contribution in [0.4, 0.5) is 123 Å². The van der Waals surface area contributed by atoms with E-state index in [1.165, 1.54) is 12.2 Å². The zero-order chi connectivity index (χ0) is 68.2. The van der Waals surface area contributed by atoms with Gasteiger partial charge in [-0.2, -0.15) is 17.6 Å². The van der Waals surface area contributed by atoms with Crippen LogP contribution in [0.15, 0.2) is 61.7 Å². The first-order valence-electron chi connectivity index (χ1n) is 24.4. The van der Waals surface area contributed by atoms with Crippen LogP contribution in [-0.2, 0) is 12.8 Å². The van der Waals surface area contributed by atoms with E-state index in [2.05, 4.69) is 13.2 Å². The van der Waals surface area contributed by atoms with Crippen molar-refractivity contribution in [3.05, 3.63) is 236 Å². The molecule has 0 fully saturated rings. The highest BCUT2D eigenvalue weighted by atomic mass is 19.2. The fourth-order valence-corrected chi connectivity index (χ4v) is 9.32. The smallest absolute Gasteiger partial charge is 0.205 e. The minimum atomic E-state index is -3.56. The Balaban J connectivity index is 1.12. The Labute approximate surface area is 491 Å². The largest absolute Gasteiger partial charge is 0.508 e. The average Bonchev–Trinajstić information content (AvgIpc) is 0.730. The molecule has 0 bridgehead atoms. The van der Waals surface area contributed by atoms with Crippen molar-refractivity contribution in [1.29, 1.82) is 0 Å². The first kappa shape index (κ1) is 66.1. The molecular weight excluding hydrogens is 1320 g/mol. The SMILES string of the molecule is C=CCc1cc(Oc2c(F)c(F)c(-c3c(F)c(F)c(-c4c(F)c(F)c(-c5c(F)c(F)c(-c6c(F)c(F)c(-c7c(F)c(F)c(-c8c(F)c(F)c(Oc9ccc(O)c(CC=C)c9)c(F)c8F)c(F)c7F)c(F)c6F)c(F)c5F)c(F)c4F)c(F)c3F)c(F)c2F)ccc1O. The van der Waals surface area contributed by atoms with Crippen molar-refractivity contribution in [1.82, 2.24) is 0 Å². The molecule has 0 aliphatic heterocycles. The molecule has 0 aliphatic rings. The molecule has 478 valence electrons. The fourth-order valence-electron chi connectivity index (χ4n) is 9.32. The van der Waals surface area contributed by atoms with E-state index in [4.69, 9.17) is 9.47 Å². The quantitative estimate of drug-likeness (QED) is 0.0647. The molecule has 0 unspecified atom stereocenters. The van der Waals surface area contributed by atoms with Gasteiger partial charge in [0.25, 0.3) is 0 Å².